The zero-order chi connectivity index (χ0) is 12.9. The first-order valence-electron chi connectivity index (χ1n) is 6.42. The molecule has 0 radical (unpaired) electrons. The third kappa shape index (κ3) is 9.01. The molecule has 2 rings (SSSR count). The van der Waals surface area contributed by atoms with Gasteiger partial charge in [0, 0.05) is 13.2 Å². The fourth-order valence-corrected chi connectivity index (χ4v) is 1.42. The van der Waals surface area contributed by atoms with Gasteiger partial charge in [-0.2, -0.15) is 0 Å². The van der Waals surface area contributed by atoms with Crippen LogP contribution in [-0.4, -0.2) is 38.0 Å². The van der Waals surface area contributed by atoms with Gasteiger partial charge < -0.3 is 19.1 Å². The summed E-state index contributed by atoms with van der Waals surface area (Å²) in [5.74, 6) is 0. The molecular formula is C13H24O4. The van der Waals surface area contributed by atoms with E-state index in [1.807, 2.05) is 0 Å². The van der Waals surface area contributed by atoms with Crippen molar-refractivity contribution in [3.8, 4) is 0 Å². The van der Waals surface area contributed by atoms with E-state index in [4.69, 9.17) is 9.47 Å². The third-order valence-electron chi connectivity index (χ3n) is 2.23. The Morgan fingerprint density at radius 3 is 1.41 bits per heavy atom. The number of ether oxygens (including phenoxy) is 2. The summed E-state index contributed by atoms with van der Waals surface area (Å²) >= 11 is 0. The minimum absolute atomic E-state index is 0.0833. The van der Waals surface area contributed by atoms with Crippen LogP contribution in [0.15, 0.2) is 0 Å². The fourth-order valence-electron chi connectivity index (χ4n) is 1.42. The Labute approximate surface area is 104 Å². The first kappa shape index (κ1) is 16.3. The molecule has 100 valence electrons. The quantitative estimate of drug-likeness (QED) is 0.698. The standard InChI is InChI=1S/2C5H8O2.C3H8/c2*6-4-5-2-1-3-7-5;1-3-2/h2*4-5H,1-3H2;3H2,1-2H3. The Morgan fingerprint density at radius 1 is 0.941 bits per heavy atom. The first-order valence-corrected chi connectivity index (χ1v) is 6.42. The molecule has 0 N–H and O–H groups in total. The van der Waals surface area contributed by atoms with Crippen LogP contribution in [0.3, 0.4) is 0 Å². The topological polar surface area (TPSA) is 52.6 Å². The van der Waals surface area contributed by atoms with Crippen molar-refractivity contribution in [1.82, 2.24) is 0 Å². The zero-order valence-electron chi connectivity index (χ0n) is 10.9. The van der Waals surface area contributed by atoms with E-state index >= 15 is 0 Å². The molecule has 0 amide bonds. The fraction of sp³-hybridized carbons (Fsp3) is 0.846. The van der Waals surface area contributed by atoms with Crippen LogP contribution in [-0.2, 0) is 19.1 Å². The van der Waals surface area contributed by atoms with Crippen LogP contribution in [0.4, 0.5) is 0 Å². The van der Waals surface area contributed by atoms with Crippen LogP contribution in [0.1, 0.15) is 46.0 Å². The van der Waals surface area contributed by atoms with E-state index in [9.17, 15) is 9.59 Å². The largest absolute Gasteiger partial charge is 0.371 e. The molecule has 2 fully saturated rings. The van der Waals surface area contributed by atoms with Crippen LogP contribution in [0.5, 0.6) is 0 Å². The summed E-state index contributed by atoms with van der Waals surface area (Å²) in [6.45, 7) is 5.78. The molecule has 2 aliphatic rings. The molecular weight excluding hydrogens is 220 g/mol. The molecule has 2 unspecified atom stereocenters. The maximum absolute atomic E-state index is 9.88. The third-order valence-corrected chi connectivity index (χ3v) is 2.23. The molecule has 2 aliphatic heterocycles. The number of rotatable bonds is 2. The first-order chi connectivity index (χ1) is 8.28. The van der Waals surface area contributed by atoms with Crippen LogP contribution < -0.4 is 0 Å². The molecule has 0 spiro atoms. The minimum Gasteiger partial charge on any atom is -0.371 e. The summed E-state index contributed by atoms with van der Waals surface area (Å²) in [4.78, 5) is 19.8. The highest BCUT2D eigenvalue weighted by Gasteiger charge is 2.13. The second-order valence-corrected chi connectivity index (χ2v) is 4.08. The highest BCUT2D eigenvalue weighted by Crippen LogP contribution is 2.08. The van der Waals surface area contributed by atoms with Crippen molar-refractivity contribution in [2.45, 2.75) is 58.2 Å². The molecule has 0 aromatic heterocycles. The predicted octanol–water partition coefficient (Wildman–Crippen LogP) is 2.14. The van der Waals surface area contributed by atoms with Crippen LogP contribution in [0.25, 0.3) is 0 Å². The van der Waals surface area contributed by atoms with Crippen LogP contribution in [0.2, 0.25) is 0 Å². The summed E-state index contributed by atoms with van der Waals surface area (Å²) in [6.07, 6.45) is 6.75. The van der Waals surface area contributed by atoms with Crippen molar-refractivity contribution in [1.29, 1.82) is 0 Å². The molecule has 2 heterocycles. The van der Waals surface area contributed by atoms with Gasteiger partial charge in [0.05, 0.1) is 0 Å². The van der Waals surface area contributed by atoms with Crippen molar-refractivity contribution in [2.24, 2.45) is 0 Å². The van der Waals surface area contributed by atoms with Crippen LogP contribution >= 0.6 is 0 Å². The highest BCUT2D eigenvalue weighted by molar-refractivity contribution is 5.56. The van der Waals surface area contributed by atoms with Gasteiger partial charge in [0.1, 0.15) is 24.8 Å². The number of carbonyl (C=O) groups excluding carboxylic acids is 2. The summed E-state index contributed by atoms with van der Waals surface area (Å²) in [6, 6.07) is 0. The molecule has 0 bridgehead atoms. The molecule has 2 saturated heterocycles. The maximum Gasteiger partial charge on any atom is 0.148 e. The Kier molecular flexibility index (Phi) is 11.2. The van der Waals surface area contributed by atoms with Crippen molar-refractivity contribution >= 4 is 12.6 Å². The zero-order valence-corrected chi connectivity index (χ0v) is 10.9. The second kappa shape index (κ2) is 11.7. The molecule has 0 aromatic carbocycles. The average Bonchev–Trinajstić information content (AvgIpc) is 3.04. The lowest BCUT2D eigenvalue weighted by Crippen LogP contribution is -2.04. The van der Waals surface area contributed by atoms with Gasteiger partial charge >= 0.3 is 0 Å². The summed E-state index contributed by atoms with van der Waals surface area (Å²) in [5, 5.41) is 0. The van der Waals surface area contributed by atoms with E-state index < -0.39 is 0 Å². The number of aldehydes is 2. The molecule has 17 heavy (non-hydrogen) atoms. The van der Waals surface area contributed by atoms with Crippen LogP contribution in [0, 0.1) is 0 Å². The predicted molar refractivity (Wildman–Crippen MR) is 66.0 cm³/mol. The lowest BCUT2D eigenvalue weighted by Gasteiger charge is -1.93. The summed E-state index contributed by atoms with van der Waals surface area (Å²) in [7, 11) is 0. The monoisotopic (exact) mass is 244 g/mol. The van der Waals surface area contributed by atoms with E-state index in [-0.39, 0.29) is 12.2 Å². The van der Waals surface area contributed by atoms with E-state index in [1.54, 1.807) is 0 Å². The summed E-state index contributed by atoms with van der Waals surface area (Å²) in [5.41, 5.74) is 0. The Balaban J connectivity index is 0.000000247. The molecule has 4 nitrogen and oxygen atoms in total. The SMILES string of the molecule is CCC.O=CC1CCCO1.O=CC1CCCO1. The van der Waals surface area contributed by atoms with Crippen molar-refractivity contribution in [3.63, 3.8) is 0 Å². The van der Waals surface area contributed by atoms with Gasteiger partial charge in [0.2, 0.25) is 0 Å². The van der Waals surface area contributed by atoms with Gasteiger partial charge in [-0.15, -0.1) is 0 Å². The van der Waals surface area contributed by atoms with E-state index in [1.165, 1.54) is 6.42 Å². The average molecular weight is 244 g/mol. The Bertz CT molecular complexity index is 162. The number of hydrogen-bond acceptors (Lipinski definition) is 4. The molecule has 0 saturated carbocycles. The number of hydrogen-bond donors (Lipinski definition) is 0. The Morgan fingerprint density at radius 2 is 1.29 bits per heavy atom. The van der Waals surface area contributed by atoms with Gasteiger partial charge in [-0.25, -0.2) is 0 Å². The normalized spacial score (nSPS) is 26.2. The van der Waals surface area contributed by atoms with Gasteiger partial charge in [-0.3, -0.25) is 0 Å². The maximum atomic E-state index is 9.88. The van der Waals surface area contributed by atoms with Gasteiger partial charge in [-0.1, -0.05) is 20.3 Å². The lowest BCUT2D eigenvalue weighted by molar-refractivity contribution is -0.116. The Hall–Kier alpha value is -0.740. The van der Waals surface area contributed by atoms with E-state index in [0.29, 0.717) is 0 Å². The van der Waals surface area contributed by atoms with Gasteiger partial charge in [0.15, 0.2) is 0 Å². The van der Waals surface area contributed by atoms with Crippen molar-refractivity contribution < 1.29 is 19.1 Å². The summed E-state index contributed by atoms with van der Waals surface area (Å²) < 4.78 is 9.87. The lowest BCUT2D eigenvalue weighted by atomic mass is 10.3. The number of carbonyl (C=O) groups is 2. The molecule has 0 aromatic rings. The minimum atomic E-state index is -0.0833. The molecule has 2 atom stereocenters. The molecule has 0 aliphatic carbocycles. The molecule has 4 heteroatoms. The van der Waals surface area contributed by atoms with Gasteiger partial charge in [0.25, 0.3) is 0 Å². The van der Waals surface area contributed by atoms with E-state index in [2.05, 4.69) is 13.8 Å². The highest BCUT2D eigenvalue weighted by atomic mass is 16.5. The van der Waals surface area contributed by atoms with Crippen molar-refractivity contribution in [3.05, 3.63) is 0 Å². The van der Waals surface area contributed by atoms with E-state index in [0.717, 1.165) is 51.5 Å². The smallest absolute Gasteiger partial charge is 0.148 e. The van der Waals surface area contributed by atoms with Gasteiger partial charge in [-0.05, 0) is 25.7 Å². The second-order valence-electron chi connectivity index (χ2n) is 4.08. The van der Waals surface area contributed by atoms with Crippen molar-refractivity contribution in [2.75, 3.05) is 13.2 Å².